The van der Waals surface area contributed by atoms with E-state index in [1.54, 1.807) is 0 Å². The van der Waals surface area contributed by atoms with Crippen molar-refractivity contribution in [3.63, 3.8) is 0 Å². The van der Waals surface area contributed by atoms with Crippen molar-refractivity contribution < 1.29 is 0 Å². The lowest BCUT2D eigenvalue weighted by Crippen LogP contribution is -2.34. The maximum Gasteiger partial charge on any atom is 0.128 e. The van der Waals surface area contributed by atoms with Crippen LogP contribution in [0, 0.1) is 0 Å². The molecule has 4 nitrogen and oxygen atoms in total. The molecule has 106 valence electrons. The van der Waals surface area contributed by atoms with E-state index in [0.29, 0.717) is 0 Å². The lowest BCUT2D eigenvalue weighted by molar-refractivity contribution is 0.557. The van der Waals surface area contributed by atoms with Gasteiger partial charge in [-0.15, -0.1) is 0 Å². The molecular formula is C16H22N4. The molecule has 3 rings (SSSR count). The summed E-state index contributed by atoms with van der Waals surface area (Å²) in [5, 5.41) is 0. The normalized spacial score (nSPS) is 16.0. The molecule has 1 aliphatic rings. The lowest BCUT2D eigenvalue weighted by Gasteiger charge is -2.31. The molecule has 0 bridgehead atoms. The smallest absolute Gasteiger partial charge is 0.128 e. The molecule has 0 aliphatic carbocycles. The summed E-state index contributed by atoms with van der Waals surface area (Å²) in [5.41, 5.74) is 8.79. The molecule has 2 N–H and O–H groups in total. The second-order valence-corrected chi connectivity index (χ2v) is 5.46. The average Bonchev–Trinajstić information content (AvgIpc) is 2.95. The molecule has 0 saturated carbocycles. The molecule has 20 heavy (non-hydrogen) atoms. The summed E-state index contributed by atoms with van der Waals surface area (Å²) in [4.78, 5) is 6.85. The second-order valence-electron chi connectivity index (χ2n) is 5.46. The number of fused-ring (bicyclic) bond motifs is 1. The Morgan fingerprint density at radius 3 is 3.00 bits per heavy atom. The molecule has 0 saturated heterocycles. The second kappa shape index (κ2) is 5.67. The van der Waals surface area contributed by atoms with E-state index in [0.717, 1.165) is 38.3 Å². The number of benzene rings is 1. The minimum absolute atomic E-state index is 0.239. The number of rotatable bonds is 4. The average molecular weight is 270 g/mol. The molecule has 2 heterocycles. The van der Waals surface area contributed by atoms with Crippen LogP contribution in [-0.4, -0.2) is 22.1 Å². The first-order chi connectivity index (χ1) is 9.78. The molecule has 1 aromatic carbocycles. The van der Waals surface area contributed by atoms with Crippen LogP contribution >= 0.6 is 0 Å². The van der Waals surface area contributed by atoms with Gasteiger partial charge >= 0.3 is 0 Å². The van der Waals surface area contributed by atoms with Gasteiger partial charge in [-0.3, -0.25) is 0 Å². The first-order valence-corrected chi connectivity index (χ1v) is 7.36. The van der Waals surface area contributed by atoms with E-state index in [9.17, 15) is 0 Å². The molecule has 4 heteroatoms. The van der Waals surface area contributed by atoms with E-state index < -0.39 is 0 Å². The van der Waals surface area contributed by atoms with Crippen LogP contribution in [-0.2, 0) is 19.5 Å². The number of nitrogens with zero attached hydrogens (tertiary/aromatic N) is 3. The van der Waals surface area contributed by atoms with Crippen molar-refractivity contribution in [3.05, 3.63) is 48.0 Å². The SMILES string of the molecule is CCC(N)Cc1ccccc1N1CCn2ccnc2C1. The molecule has 0 amide bonds. The number of para-hydroxylation sites is 1. The molecule has 1 aliphatic heterocycles. The molecule has 0 fully saturated rings. The number of nitrogens with two attached hydrogens (primary N) is 1. The molecule has 1 atom stereocenters. The fourth-order valence-electron chi connectivity index (χ4n) is 2.80. The van der Waals surface area contributed by atoms with Gasteiger partial charge in [0, 0.05) is 37.2 Å². The highest BCUT2D eigenvalue weighted by Gasteiger charge is 2.19. The Morgan fingerprint density at radius 1 is 1.30 bits per heavy atom. The zero-order valence-corrected chi connectivity index (χ0v) is 12.0. The number of hydrogen-bond donors (Lipinski definition) is 1. The third-order valence-electron chi connectivity index (χ3n) is 4.08. The predicted molar refractivity (Wildman–Crippen MR) is 81.7 cm³/mol. The highest BCUT2D eigenvalue weighted by Crippen LogP contribution is 2.25. The van der Waals surface area contributed by atoms with Crippen LogP contribution in [0.5, 0.6) is 0 Å². The van der Waals surface area contributed by atoms with Crippen LogP contribution < -0.4 is 10.6 Å². The van der Waals surface area contributed by atoms with E-state index in [-0.39, 0.29) is 6.04 Å². The zero-order valence-electron chi connectivity index (χ0n) is 12.0. The minimum Gasteiger partial charge on any atom is -0.362 e. The number of imidazole rings is 1. The quantitative estimate of drug-likeness (QED) is 0.926. The molecular weight excluding hydrogens is 248 g/mol. The Morgan fingerprint density at radius 2 is 2.15 bits per heavy atom. The first kappa shape index (κ1) is 13.2. The van der Waals surface area contributed by atoms with Crippen molar-refractivity contribution >= 4 is 5.69 Å². The molecule has 0 radical (unpaired) electrons. The minimum atomic E-state index is 0.239. The van der Waals surface area contributed by atoms with Crippen LogP contribution in [0.25, 0.3) is 0 Å². The van der Waals surface area contributed by atoms with Gasteiger partial charge in [-0.25, -0.2) is 4.98 Å². The fourth-order valence-corrected chi connectivity index (χ4v) is 2.80. The van der Waals surface area contributed by atoms with Crippen molar-refractivity contribution in [1.82, 2.24) is 9.55 Å². The van der Waals surface area contributed by atoms with Crippen molar-refractivity contribution in [1.29, 1.82) is 0 Å². The monoisotopic (exact) mass is 270 g/mol. The summed E-state index contributed by atoms with van der Waals surface area (Å²) in [5.74, 6) is 1.14. The van der Waals surface area contributed by atoms with E-state index in [1.165, 1.54) is 11.3 Å². The lowest BCUT2D eigenvalue weighted by atomic mass is 10.0. The molecule has 1 unspecified atom stereocenters. The van der Waals surface area contributed by atoms with Gasteiger partial charge in [-0.05, 0) is 24.5 Å². The Kier molecular flexibility index (Phi) is 3.74. The summed E-state index contributed by atoms with van der Waals surface area (Å²) >= 11 is 0. The van der Waals surface area contributed by atoms with Gasteiger partial charge in [0.15, 0.2) is 0 Å². The van der Waals surface area contributed by atoms with Gasteiger partial charge in [0.05, 0.1) is 6.54 Å². The Balaban J connectivity index is 1.84. The van der Waals surface area contributed by atoms with Crippen molar-refractivity contribution in [2.75, 3.05) is 11.4 Å². The van der Waals surface area contributed by atoms with E-state index in [1.807, 2.05) is 6.20 Å². The van der Waals surface area contributed by atoms with Gasteiger partial charge in [0.1, 0.15) is 5.82 Å². The molecule has 2 aromatic rings. The van der Waals surface area contributed by atoms with Crippen molar-refractivity contribution in [2.45, 2.75) is 38.9 Å². The van der Waals surface area contributed by atoms with E-state index >= 15 is 0 Å². The van der Waals surface area contributed by atoms with Gasteiger partial charge < -0.3 is 15.2 Å². The maximum atomic E-state index is 6.13. The predicted octanol–water partition coefficient (Wildman–Crippen LogP) is 2.18. The fraction of sp³-hybridized carbons (Fsp3) is 0.438. The summed E-state index contributed by atoms with van der Waals surface area (Å²) < 4.78 is 2.23. The van der Waals surface area contributed by atoms with E-state index in [2.05, 4.69) is 51.8 Å². The Hall–Kier alpha value is -1.81. The summed E-state index contributed by atoms with van der Waals surface area (Å²) in [6.07, 6.45) is 5.90. The summed E-state index contributed by atoms with van der Waals surface area (Å²) in [7, 11) is 0. The van der Waals surface area contributed by atoms with Crippen LogP contribution in [0.4, 0.5) is 5.69 Å². The Labute approximate surface area is 120 Å². The van der Waals surface area contributed by atoms with Crippen molar-refractivity contribution in [2.24, 2.45) is 5.73 Å². The van der Waals surface area contributed by atoms with Gasteiger partial charge in [-0.2, -0.15) is 0 Å². The third-order valence-corrected chi connectivity index (χ3v) is 4.08. The topological polar surface area (TPSA) is 47.1 Å². The summed E-state index contributed by atoms with van der Waals surface area (Å²) in [6, 6.07) is 8.86. The maximum absolute atomic E-state index is 6.13. The van der Waals surface area contributed by atoms with Crippen LogP contribution in [0.1, 0.15) is 24.7 Å². The third kappa shape index (κ3) is 2.56. The highest BCUT2D eigenvalue weighted by atomic mass is 15.2. The zero-order chi connectivity index (χ0) is 13.9. The van der Waals surface area contributed by atoms with Crippen LogP contribution in [0.2, 0.25) is 0 Å². The largest absolute Gasteiger partial charge is 0.362 e. The highest BCUT2D eigenvalue weighted by molar-refractivity contribution is 5.54. The van der Waals surface area contributed by atoms with Gasteiger partial charge in [-0.1, -0.05) is 25.1 Å². The van der Waals surface area contributed by atoms with Gasteiger partial charge in [0.2, 0.25) is 0 Å². The molecule has 1 aromatic heterocycles. The standard InChI is InChI=1S/C16H22N4/c1-2-14(17)11-13-5-3-4-6-15(13)20-10-9-19-8-7-18-16(19)12-20/h3-8,14H,2,9-12,17H2,1H3. The molecule has 0 spiro atoms. The van der Waals surface area contributed by atoms with Crippen molar-refractivity contribution in [3.8, 4) is 0 Å². The van der Waals surface area contributed by atoms with Crippen LogP contribution in [0.15, 0.2) is 36.7 Å². The first-order valence-electron chi connectivity index (χ1n) is 7.36. The van der Waals surface area contributed by atoms with Gasteiger partial charge in [0.25, 0.3) is 0 Å². The summed E-state index contributed by atoms with van der Waals surface area (Å²) in [6.45, 7) is 5.06. The van der Waals surface area contributed by atoms with Crippen LogP contribution in [0.3, 0.4) is 0 Å². The number of hydrogen-bond acceptors (Lipinski definition) is 3. The number of aromatic nitrogens is 2. The number of anilines is 1. The van der Waals surface area contributed by atoms with E-state index in [4.69, 9.17) is 5.73 Å². The Bertz CT molecular complexity index is 575.